The molecule has 1 saturated heterocycles. The van der Waals surface area contributed by atoms with Gasteiger partial charge in [0.15, 0.2) is 0 Å². The number of hydrogen-bond donors (Lipinski definition) is 1. The number of allylic oxidation sites excluding steroid dienone is 1. The van der Waals surface area contributed by atoms with Crippen LogP contribution in [0.1, 0.15) is 18.1 Å². The number of rotatable bonds is 7. The minimum absolute atomic E-state index is 0.0834. The second-order valence-corrected chi connectivity index (χ2v) is 7.71. The van der Waals surface area contributed by atoms with E-state index in [0.29, 0.717) is 6.54 Å². The molecule has 2 aromatic rings. The predicted molar refractivity (Wildman–Crippen MR) is 120 cm³/mol. The summed E-state index contributed by atoms with van der Waals surface area (Å²) in [7, 11) is 0. The van der Waals surface area contributed by atoms with Crippen LogP contribution in [0.25, 0.3) is 6.08 Å². The largest absolute Gasteiger partial charge is 0.297 e. The highest BCUT2D eigenvalue weighted by Crippen LogP contribution is 2.13. The van der Waals surface area contributed by atoms with Gasteiger partial charge in [-0.1, -0.05) is 60.1 Å². The lowest BCUT2D eigenvalue weighted by atomic mass is 10.1. The molecule has 0 unspecified atom stereocenters. The molecule has 1 fully saturated rings. The molecule has 5 nitrogen and oxygen atoms in total. The van der Waals surface area contributed by atoms with Crippen LogP contribution in [-0.4, -0.2) is 54.6 Å². The monoisotopic (exact) mass is 410 g/mol. The smallest absolute Gasteiger partial charge is 0.254 e. The van der Waals surface area contributed by atoms with Crippen molar-refractivity contribution in [3.8, 4) is 0 Å². The lowest BCUT2D eigenvalue weighted by molar-refractivity contribution is -0.122. The number of hydrogen-bond acceptors (Lipinski definition) is 4. The maximum Gasteiger partial charge on any atom is 0.254 e. The molecule has 29 heavy (non-hydrogen) atoms. The summed E-state index contributed by atoms with van der Waals surface area (Å²) in [6.45, 7) is 6.87. The third kappa shape index (κ3) is 7.46. The second kappa shape index (κ2) is 10.9. The fraction of sp³-hybridized carbons (Fsp3) is 0.304. The van der Waals surface area contributed by atoms with Crippen molar-refractivity contribution in [3.05, 3.63) is 76.3 Å². The van der Waals surface area contributed by atoms with E-state index in [4.69, 9.17) is 11.6 Å². The zero-order valence-electron chi connectivity index (χ0n) is 16.7. The maximum atomic E-state index is 12.1. The van der Waals surface area contributed by atoms with Crippen molar-refractivity contribution < 1.29 is 4.79 Å². The SMILES string of the molecule is CC(=Cc1ccccc1)/C=N\NC(=O)CN1CCN(Cc2ccc(Cl)cc2)CC1. The highest BCUT2D eigenvalue weighted by Gasteiger charge is 2.18. The Kier molecular flexibility index (Phi) is 7.99. The molecule has 0 bridgehead atoms. The van der Waals surface area contributed by atoms with Crippen molar-refractivity contribution in [3.63, 3.8) is 0 Å². The zero-order chi connectivity index (χ0) is 20.5. The Hall–Kier alpha value is -2.47. The molecule has 0 aliphatic carbocycles. The van der Waals surface area contributed by atoms with Crippen LogP contribution in [0.4, 0.5) is 0 Å². The zero-order valence-corrected chi connectivity index (χ0v) is 17.5. The first-order valence-corrected chi connectivity index (χ1v) is 10.2. The van der Waals surface area contributed by atoms with Crippen LogP contribution >= 0.6 is 11.6 Å². The summed E-state index contributed by atoms with van der Waals surface area (Å²) in [6.07, 6.45) is 3.70. The number of benzene rings is 2. The molecular formula is C23H27ClN4O. The molecule has 1 amide bonds. The van der Waals surface area contributed by atoms with Crippen LogP contribution in [-0.2, 0) is 11.3 Å². The molecule has 0 radical (unpaired) electrons. The molecule has 0 atom stereocenters. The molecule has 1 aliphatic rings. The number of amides is 1. The number of nitrogens with zero attached hydrogens (tertiary/aromatic N) is 3. The van der Waals surface area contributed by atoms with E-state index in [1.54, 1.807) is 6.21 Å². The van der Waals surface area contributed by atoms with E-state index < -0.39 is 0 Å². The molecule has 0 spiro atoms. The van der Waals surface area contributed by atoms with Crippen molar-refractivity contribution in [2.24, 2.45) is 5.10 Å². The van der Waals surface area contributed by atoms with Gasteiger partial charge < -0.3 is 0 Å². The van der Waals surface area contributed by atoms with Crippen LogP contribution in [0, 0.1) is 0 Å². The van der Waals surface area contributed by atoms with Crippen LogP contribution in [0.15, 0.2) is 65.3 Å². The van der Waals surface area contributed by atoms with Gasteiger partial charge in [-0.3, -0.25) is 14.6 Å². The summed E-state index contributed by atoms with van der Waals surface area (Å²) in [5.74, 6) is -0.0834. The first-order valence-electron chi connectivity index (χ1n) is 9.83. The minimum atomic E-state index is -0.0834. The molecule has 1 aliphatic heterocycles. The maximum absolute atomic E-state index is 12.1. The Morgan fingerprint density at radius 2 is 1.69 bits per heavy atom. The van der Waals surface area contributed by atoms with E-state index in [1.807, 2.05) is 55.5 Å². The third-order valence-electron chi connectivity index (χ3n) is 4.80. The van der Waals surface area contributed by atoms with E-state index in [1.165, 1.54) is 5.56 Å². The summed E-state index contributed by atoms with van der Waals surface area (Å²) in [5, 5.41) is 4.83. The summed E-state index contributed by atoms with van der Waals surface area (Å²) in [5.41, 5.74) is 5.97. The van der Waals surface area contributed by atoms with Crippen LogP contribution in [0.5, 0.6) is 0 Å². The van der Waals surface area contributed by atoms with Gasteiger partial charge in [0.05, 0.1) is 12.8 Å². The van der Waals surface area contributed by atoms with E-state index in [9.17, 15) is 4.79 Å². The summed E-state index contributed by atoms with van der Waals surface area (Å²) >= 11 is 5.94. The van der Waals surface area contributed by atoms with Gasteiger partial charge in [-0.15, -0.1) is 0 Å². The standard InChI is InChI=1S/C23H27ClN4O/c1-19(15-20-5-3-2-4-6-20)16-25-26-23(29)18-28-13-11-27(12-14-28)17-21-7-9-22(24)10-8-21/h2-10,15-16H,11-14,17-18H2,1H3,(H,26,29)/b19-15?,25-16-. The molecule has 152 valence electrons. The number of hydrazone groups is 1. The molecule has 0 saturated carbocycles. The Bertz CT molecular complexity index is 841. The Balaban J connectivity index is 1.37. The number of carbonyl (C=O) groups is 1. The van der Waals surface area contributed by atoms with Crippen LogP contribution in [0.3, 0.4) is 0 Å². The van der Waals surface area contributed by atoms with Gasteiger partial charge in [-0.25, -0.2) is 5.43 Å². The van der Waals surface area contributed by atoms with Crippen LogP contribution in [0.2, 0.25) is 5.02 Å². The fourth-order valence-electron chi connectivity index (χ4n) is 3.25. The Morgan fingerprint density at radius 1 is 1.03 bits per heavy atom. The van der Waals surface area contributed by atoms with Crippen molar-refractivity contribution in [1.29, 1.82) is 0 Å². The molecule has 6 heteroatoms. The molecule has 3 rings (SSSR count). The van der Waals surface area contributed by atoms with Gasteiger partial charge in [-0.05, 0) is 35.8 Å². The average Bonchev–Trinajstić information content (AvgIpc) is 2.72. The van der Waals surface area contributed by atoms with Gasteiger partial charge in [0.1, 0.15) is 0 Å². The first-order chi connectivity index (χ1) is 14.1. The second-order valence-electron chi connectivity index (χ2n) is 7.27. The quantitative estimate of drug-likeness (QED) is 0.559. The van der Waals surface area contributed by atoms with Crippen molar-refractivity contribution >= 4 is 29.8 Å². The van der Waals surface area contributed by atoms with Crippen LogP contribution < -0.4 is 5.43 Å². The van der Waals surface area contributed by atoms with Gasteiger partial charge >= 0.3 is 0 Å². The average molecular weight is 411 g/mol. The number of piperazine rings is 1. The summed E-state index contributed by atoms with van der Waals surface area (Å²) in [4.78, 5) is 16.7. The number of halogens is 1. The minimum Gasteiger partial charge on any atom is -0.297 e. The van der Waals surface area contributed by atoms with E-state index in [2.05, 4.69) is 32.5 Å². The van der Waals surface area contributed by atoms with Gasteiger partial charge in [0.25, 0.3) is 5.91 Å². The predicted octanol–water partition coefficient (Wildman–Crippen LogP) is 3.66. The fourth-order valence-corrected chi connectivity index (χ4v) is 3.37. The summed E-state index contributed by atoms with van der Waals surface area (Å²) in [6, 6.07) is 18.0. The Morgan fingerprint density at radius 3 is 2.38 bits per heavy atom. The van der Waals surface area contributed by atoms with E-state index in [-0.39, 0.29) is 5.91 Å². The lowest BCUT2D eigenvalue weighted by Gasteiger charge is -2.34. The highest BCUT2D eigenvalue weighted by molar-refractivity contribution is 6.30. The van der Waals surface area contributed by atoms with Gasteiger partial charge in [0, 0.05) is 37.7 Å². The van der Waals surface area contributed by atoms with Crippen molar-refractivity contribution in [1.82, 2.24) is 15.2 Å². The number of carbonyl (C=O) groups excluding carboxylic acids is 1. The third-order valence-corrected chi connectivity index (χ3v) is 5.05. The Labute approximate surface area is 177 Å². The van der Waals surface area contributed by atoms with Crippen molar-refractivity contribution in [2.75, 3.05) is 32.7 Å². The van der Waals surface area contributed by atoms with Gasteiger partial charge in [0.2, 0.25) is 0 Å². The van der Waals surface area contributed by atoms with E-state index in [0.717, 1.165) is 48.9 Å². The molecule has 2 aromatic carbocycles. The van der Waals surface area contributed by atoms with E-state index >= 15 is 0 Å². The first kappa shape index (κ1) is 21.2. The normalized spacial score (nSPS) is 16.3. The van der Waals surface area contributed by atoms with Crippen molar-refractivity contribution in [2.45, 2.75) is 13.5 Å². The highest BCUT2D eigenvalue weighted by atomic mass is 35.5. The topological polar surface area (TPSA) is 47.9 Å². The molecule has 0 aromatic heterocycles. The summed E-state index contributed by atoms with van der Waals surface area (Å²) < 4.78 is 0. The molecule has 1 heterocycles. The van der Waals surface area contributed by atoms with Gasteiger partial charge in [-0.2, -0.15) is 5.10 Å². The molecular weight excluding hydrogens is 384 g/mol. The lowest BCUT2D eigenvalue weighted by Crippen LogP contribution is -2.48. The molecule has 1 N–H and O–H groups in total. The number of nitrogens with one attached hydrogen (secondary N) is 1.